The number of amides is 4. The minimum atomic E-state index is -1.40. The Morgan fingerprint density at radius 2 is 1.68 bits per heavy atom. The summed E-state index contributed by atoms with van der Waals surface area (Å²) in [6, 6.07) is 3.62. The molecule has 0 radical (unpaired) electrons. The second kappa shape index (κ2) is 10.2. The first-order valence-corrected chi connectivity index (χ1v) is 9.52. The number of hydrogen-bond donors (Lipinski definition) is 6. The lowest BCUT2D eigenvalue weighted by molar-refractivity contribution is -0.142. The van der Waals surface area contributed by atoms with Crippen molar-refractivity contribution < 1.29 is 29.1 Å². The van der Waals surface area contributed by atoms with E-state index in [2.05, 4.69) is 20.9 Å². The molecule has 0 saturated carbocycles. The molecule has 2 aromatic rings. The predicted molar refractivity (Wildman–Crippen MR) is 111 cm³/mol. The second-order valence-electron chi connectivity index (χ2n) is 7.12. The Hall–Kier alpha value is -3.89. The van der Waals surface area contributed by atoms with Gasteiger partial charge in [-0.1, -0.05) is 18.2 Å². The maximum absolute atomic E-state index is 12.7. The lowest BCUT2D eigenvalue weighted by Gasteiger charge is -2.22. The van der Waals surface area contributed by atoms with Crippen molar-refractivity contribution in [2.75, 3.05) is 0 Å². The Bertz CT molecular complexity index is 1000. The van der Waals surface area contributed by atoms with Crippen molar-refractivity contribution in [2.45, 2.75) is 44.8 Å². The number of rotatable bonds is 10. The third-order valence-corrected chi connectivity index (χ3v) is 4.56. The number of carboxylic acid groups (broad SMARTS) is 1. The number of para-hydroxylation sites is 1. The topological polar surface area (TPSA) is 183 Å². The van der Waals surface area contributed by atoms with Crippen LogP contribution >= 0.6 is 0 Å². The number of hydrogen-bond acceptors (Lipinski definition) is 5. The van der Waals surface area contributed by atoms with E-state index in [1.807, 2.05) is 24.3 Å². The van der Waals surface area contributed by atoms with E-state index in [0.29, 0.717) is 5.56 Å². The fourth-order valence-electron chi connectivity index (χ4n) is 3.07. The molecule has 0 fully saturated rings. The van der Waals surface area contributed by atoms with Crippen molar-refractivity contribution in [3.8, 4) is 0 Å². The standard InChI is InChI=1S/C20H25N5O6/c1-10(23-11(2)26)18(28)24-15(8-17(21)27)19(29)25-16(20(30)31)7-12-9-22-14-6-4-3-5-13(12)14/h3-6,9-10,15-16,22H,7-8H2,1-2H3,(H2,21,27)(H,23,26)(H,24,28)(H,25,29)(H,30,31)/t10-,15-,16-/m0/s1. The third-order valence-electron chi connectivity index (χ3n) is 4.56. The van der Waals surface area contributed by atoms with Gasteiger partial charge in [0.2, 0.25) is 23.6 Å². The molecule has 4 amide bonds. The lowest BCUT2D eigenvalue weighted by Crippen LogP contribution is -2.56. The number of aromatic nitrogens is 1. The molecule has 2 rings (SSSR count). The molecular formula is C20H25N5O6. The second-order valence-corrected chi connectivity index (χ2v) is 7.12. The number of carbonyl (C=O) groups excluding carboxylic acids is 4. The van der Waals surface area contributed by atoms with Crippen LogP contribution in [0.5, 0.6) is 0 Å². The molecule has 166 valence electrons. The van der Waals surface area contributed by atoms with Gasteiger partial charge in [0.1, 0.15) is 18.1 Å². The Morgan fingerprint density at radius 1 is 1.03 bits per heavy atom. The number of fused-ring (bicyclic) bond motifs is 1. The number of H-pyrrole nitrogens is 1. The predicted octanol–water partition coefficient (Wildman–Crippen LogP) is -0.835. The Morgan fingerprint density at radius 3 is 2.29 bits per heavy atom. The molecule has 31 heavy (non-hydrogen) atoms. The lowest BCUT2D eigenvalue weighted by atomic mass is 10.0. The van der Waals surface area contributed by atoms with Gasteiger partial charge in [-0.3, -0.25) is 19.2 Å². The number of aliphatic carboxylic acids is 1. The molecule has 0 aliphatic rings. The van der Waals surface area contributed by atoms with Gasteiger partial charge in [-0.05, 0) is 18.6 Å². The summed E-state index contributed by atoms with van der Waals surface area (Å²) in [5.41, 5.74) is 6.66. The van der Waals surface area contributed by atoms with Gasteiger partial charge in [0.05, 0.1) is 6.42 Å². The van der Waals surface area contributed by atoms with Gasteiger partial charge in [-0.15, -0.1) is 0 Å². The molecule has 1 aromatic carbocycles. The fourth-order valence-corrected chi connectivity index (χ4v) is 3.07. The molecule has 0 unspecified atom stereocenters. The summed E-state index contributed by atoms with van der Waals surface area (Å²) in [6.45, 7) is 2.62. The van der Waals surface area contributed by atoms with Crippen molar-refractivity contribution >= 4 is 40.5 Å². The number of carboxylic acids is 1. The monoisotopic (exact) mass is 431 g/mol. The van der Waals surface area contributed by atoms with Crippen LogP contribution in [0.15, 0.2) is 30.5 Å². The van der Waals surface area contributed by atoms with Crippen molar-refractivity contribution in [1.29, 1.82) is 0 Å². The first kappa shape index (κ1) is 23.4. The molecule has 0 saturated heterocycles. The summed E-state index contributed by atoms with van der Waals surface area (Å²) in [5, 5.41) is 17.4. The Balaban J connectivity index is 2.14. The zero-order valence-corrected chi connectivity index (χ0v) is 17.1. The molecule has 0 aliphatic heterocycles. The van der Waals surface area contributed by atoms with Gasteiger partial charge < -0.3 is 31.8 Å². The van der Waals surface area contributed by atoms with Gasteiger partial charge in [-0.2, -0.15) is 0 Å². The van der Waals surface area contributed by atoms with Crippen molar-refractivity contribution in [3.63, 3.8) is 0 Å². The summed E-state index contributed by atoms with van der Waals surface area (Å²) in [4.78, 5) is 62.1. The zero-order valence-electron chi connectivity index (χ0n) is 17.1. The Kier molecular flexibility index (Phi) is 7.72. The third kappa shape index (κ3) is 6.56. The van der Waals surface area contributed by atoms with Crippen molar-refractivity contribution in [2.24, 2.45) is 5.73 Å². The maximum atomic E-state index is 12.7. The number of nitrogens with two attached hydrogens (primary N) is 1. The highest BCUT2D eigenvalue weighted by Gasteiger charge is 2.29. The van der Waals surface area contributed by atoms with Crippen LogP contribution < -0.4 is 21.7 Å². The van der Waals surface area contributed by atoms with E-state index in [0.717, 1.165) is 10.9 Å². The molecule has 0 bridgehead atoms. The molecule has 1 heterocycles. The zero-order chi connectivity index (χ0) is 23.1. The minimum Gasteiger partial charge on any atom is -0.480 e. The van der Waals surface area contributed by atoms with Crippen LogP contribution in [0.25, 0.3) is 10.9 Å². The van der Waals surface area contributed by atoms with Crippen molar-refractivity contribution in [3.05, 3.63) is 36.0 Å². The van der Waals surface area contributed by atoms with Gasteiger partial charge in [0, 0.05) is 30.4 Å². The molecule has 1 aromatic heterocycles. The summed E-state index contributed by atoms with van der Waals surface area (Å²) in [5.74, 6) is -4.21. The highest BCUT2D eigenvalue weighted by Crippen LogP contribution is 2.19. The minimum absolute atomic E-state index is 0.0232. The average Bonchev–Trinajstić information content (AvgIpc) is 3.08. The van der Waals surface area contributed by atoms with Crippen LogP contribution in [0.2, 0.25) is 0 Å². The first-order chi connectivity index (χ1) is 14.6. The molecule has 7 N–H and O–H groups in total. The number of primary amides is 1. The van der Waals surface area contributed by atoms with E-state index in [9.17, 15) is 29.1 Å². The molecule has 11 heteroatoms. The molecular weight excluding hydrogens is 406 g/mol. The van der Waals surface area contributed by atoms with Crippen LogP contribution in [-0.2, 0) is 30.4 Å². The number of benzene rings is 1. The van der Waals surface area contributed by atoms with E-state index in [1.54, 1.807) is 6.20 Å². The van der Waals surface area contributed by atoms with Crippen LogP contribution in [0.4, 0.5) is 0 Å². The average molecular weight is 431 g/mol. The first-order valence-electron chi connectivity index (χ1n) is 9.52. The SMILES string of the molecule is CC(=O)N[C@@H](C)C(=O)N[C@@H](CC(N)=O)C(=O)N[C@@H](Cc1c[nH]c2ccccc12)C(=O)O. The van der Waals surface area contributed by atoms with Gasteiger partial charge in [0.25, 0.3) is 0 Å². The van der Waals surface area contributed by atoms with E-state index in [-0.39, 0.29) is 6.42 Å². The highest BCUT2D eigenvalue weighted by atomic mass is 16.4. The summed E-state index contributed by atoms with van der Waals surface area (Å²) >= 11 is 0. The quantitative estimate of drug-likeness (QED) is 0.285. The smallest absolute Gasteiger partial charge is 0.326 e. The molecule has 0 spiro atoms. The summed E-state index contributed by atoms with van der Waals surface area (Å²) in [6.07, 6.45) is 1.10. The van der Waals surface area contributed by atoms with Crippen LogP contribution in [-0.4, -0.2) is 57.8 Å². The van der Waals surface area contributed by atoms with Gasteiger partial charge in [-0.25, -0.2) is 4.79 Å². The highest BCUT2D eigenvalue weighted by molar-refractivity contribution is 5.95. The van der Waals surface area contributed by atoms with Crippen LogP contribution in [0.3, 0.4) is 0 Å². The van der Waals surface area contributed by atoms with E-state index in [1.165, 1.54) is 13.8 Å². The largest absolute Gasteiger partial charge is 0.480 e. The van der Waals surface area contributed by atoms with Gasteiger partial charge >= 0.3 is 5.97 Å². The maximum Gasteiger partial charge on any atom is 0.326 e. The number of carbonyl (C=O) groups is 5. The van der Waals surface area contributed by atoms with Crippen LogP contribution in [0.1, 0.15) is 25.8 Å². The van der Waals surface area contributed by atoms with Gasteiger partial charge in [0.15, 0.2) is 0 Å². The summed E-state index contributed by atoms with van der Waals surface area (Å²) in [7, 11) is 0. The number of aromatic amines is 1. The fraction of sp³-hybridized carbons (Fsp3) is 0.350. The van der Waals surface area contributed by atoms with E-state index >= 15 is 0 Å². The van der Waals surface area contributed by atoms with E-state index in [4.69, 9.17) is 5.73 Å². The van der Waals surface area contributed by atoms with E-state index < -0.39 is 54.1 Å². The van der Waals surface area contributed by atoms with Crippen molar-refractivity contribution in [1.82, 2.24) is 20.9 Å². The molecule has 11 nitrogen and oxygen atoms in total. The molecule has 0 aliphatic carbocycles. The Labute approximate surface area is 177 Å². The summed E-state index contributed by atoms with van der Waals surface area (Å²) < 4.78 is 0. The van der Waals surface area contributed by atoms with Crippen LogP contribution in [0, 0.1) is 0 Å². The number of nitrogens with one attached hydrogen (secondary N) is 4. The molecule has 3 atom stereocenters. The normalized spacial score (nSPS) is 13.6.